The Bertz CT molecular complexity index is 786. The zero-order valence-electron chi connectivity index (χ0n) is 18.0. The minimum Gasteiger partial charge on any atom is -0.508 e. The Kier molecular flexibility index (Phi) is 7.66. The van der Waals surface area contributed by atoms with Crippen LogP contribution in [0.4, 0.5) is 0 Å². The predicted molar refractivity (Wildman–Crippen MR) is 113 cm³/mol. The second-order valence-electron chi connectivity index (χ2n) is 8.51. The molecule has 0 saturated heterocycles. The fourth-order valence-electron chi connectivity index (χ4n) is 3.44. The van der Waals surface area contributed by atoms with Crippen LogP contribution in [0.2, 0.25) is 0 Å². The summed E-state index contributed by atoms with van der Waals surface area (Å²) in [7, 11) is 0. The van der Waals surface area contributed by atoms with Gasteiger partial charge in [-0.3, -0.25) is 4.79 Å². The number of phenols is 1. The summed E-state index contributed by atoms with van der Waals surface area (Å²) in [5.74, 6) is -0.682. The molecule has 0 aliphatic heterocycles. The third-order valence-corrected chi connectivity index (χ3v) is 5.41. The van der Waals surface area contributed by atoms with Crippen LogP contribution in [0, 0.1) is 5.41 Å². The molecule has 0 bridgehead atoms. The van der Waals surface area contributed by atoms with Crippen LogP contribution >= 0.6 is 0 Å². The summed E-state index contributed by atoms with van der Waals surface area (Å²) in [4.78, 5) is 24.3. The molecule has 29 heavy (non-hydrogen) atoms. The van der Waals surface area contributed by atoms with Gasteiger partial charge in [0.15, 0.2) is 0 Å². The summed E-state index contributed by atoms with van der Waals surface area (Å²) in [5, 5.41) is 9.42. The van der Waals surface area contributed by atoms with Gasteiger partial charge in [-0.1, -0.05) is 25.5 Å². The number of carbonyl (C=O) groups excluding carboxylic acids is 2. The van der Waals surface area contributed by atoms with E-state index in [-0.39, 0.29) is 17.1 Å². The molecule has 5 nitrogen and oxygen atoms in total. The maximum atomic E-state index is 12.6. The molecule has 0 radical (unpaired) electrons. The molecule has 0 heterocycles. The molecule has 1 aromatic carbocycles. The van der Waals surface area contributed by atoms with Crippen molar-refractivity contribution in [1.82, 2.24) is 0 Å². The Balaban J connectivity index is 2.33. The topological polar surface area (TPSA) is 72.8 Å². The first-order valence-electron chi connectivity index (χ1n) is 10.1. The minimum absolute atomic E-state index is 0.0950. The SMILES string of the molecule is CC(=O)O[C@@H]1C=C(C)[C@H](OC(=O)c2ccc(O)cc2)C/C=C(/C)CCCC1(C)C. The first-order chi connectivity index (χ1) is 13.6. The van der Waals surface area contributed by atoms with Crippen molar-refractivity contribution in [3.8, 4) is 5.75 Å². The molecule has 0 spiro atoms. The van der Waals surface area contributed by atoms with Crippen molar-refractivity contribution >= 4 is 11.9 Å². The van der Waals surface area contributed by atoms with Crippen LogP contribution in [-0.4, -0.2) is 29.3 Å². The summed E-state index contributed by atoms with van der Waals surface area (Å²) >= 11 is 0. The smallest absolute Gasteiger partial charge is 0.338 e. The zero-order valence-corrected chi connectivity index (χ0v) is 18.0. The number of hydrogen-bond acceptors (Lipinski definition) is 5. The number of aromatic hydroxyl groups is 1. The average molecular weight is 401 g/mol. The van der Waals surface area contributed by atoms with Gasteiger partial charge in [-0.2, -0.15) is 0 Å². The molecule has 1 N–H and O–H groups in total. The Morgan fingerprint density at radius 3 is 2.38 bits per heavy atom. The fourth-order valence-corrected chi connectivity index (χ4v) is 3.44. The van der Waals surface area contributed by atoms with Gasteiger partial charge in [-0.05, 0) is 69.0 Å². The molecule has 0 unspecified atom stereocenters. The van der Waals surface area contributed by atoms with Crippen molar-refractivity contribution in [2.24, 2.45) is 5.41 Å². The molecular weight excluding hydrogens is 368 g/mol. The normalized spacial score (nSPS) is 24.3. The van der Waals surface area contributed by atoms with Gasteiger partial charge in [0.25, 0.3) is 0 Å². The Morgan fingerprint density at radius 1 is 1.10 bits per heavy atom. The van der Waals surface area contributed by atoms with Gasteiger partial charge in [0.2, 0.25) is 0 Å². The lowest BCUT2D eigenvalue weighted by atomic mass is 9.80. The van der Waals surface area contributed by atoms with Gasteiger partial charge >= 0.3 is 11.9 Å². The van der Waals surface area contributed by atoms with Crippen molar-refractivity contribution in [2.75, 3.05) is 0 Å². The number of phenolic OH excluding ortho intramolecular Hbond substituents is 1. The number of esters is 2. The van der Waals surface area contributed by atoms with Crippen LogP contribution in [0.3, 0.4) is 0 Å². The standard InChI is InChI=1S/C24H32O5/c1-16-7-6-14-24(4,5)22(28-18(3)25)15-17(2)21(13-8-16)29-23(27)19-9-11-20(26)12-10-19/h8-12,15,21-22,26H,6-7,13-14H2,1-5H3/b16-8-,17-15?/t21-,22-/m1/s1. The summed E-state index contributed by atoms with van der Waals surface area (Å²) in [6.45, 7) is 9.60. The summed E-state index contributed by atoms with van der Waals surface area (Å²) in [6, 6.07) is 5.99. The van der Waals surface area contributed by atoms with Crippen molar-refractivity contribution < 1.29 is 24.2 Å². The third kappa shape index (κ3) is 6.77. The van der Waals surface area contributed by atoms with E-state index in [1.165, 1.54) is 36.8 Å². The number of benzene rings is 1. The zero-order chi connectivity index (χ0) is 21.6. The molecule has 2 atom stereocenters. The number of ether oxygens (including phenoxy) is 2. The Labute approximate surface area is 173 Å². The molecular formula is C24H32O5. The van der Waals surface area contributed by atoms with E-state index in [1.807, 2.05) is 13.0 Å². The first kappa shape index (κ1) is 22.7. The lowest BCUT2D eigenvalue weighted by molar-refractivity contribution is -0.149. The molecule has 0 amide bonds. The summed E-state index contributed by atoms with van der Waals surface area (Å²) < 4.78 is 11.4. The largest absolute Gasteiger partial charge is 0.508 e. The molecule has 0 fully saturated rings. The molecule has 1 aliphatic carbocycles. The Hall–Kier alpha value is -2.56. The molecule has 158 valence electrons. The molecule has 5 heteroatoms. The number of rotatable bonds is 3. The first-order valence-corrected chi connectivity index (χ1v) is 10.1. The highest BCUT2D eigenvalue weighted by Gasteiger charge is 2.32. The highest BCUT2D eigenvalue weighted by atomic mass is 16.5. The highest BCUT2D eigenvalue weighted by Crippen LogP contribution is 2.34. The second-order valence-corrected chi connectivity index (χ2v) is 8.51. The van der Waals surface area contributed by atoms with E-state index in [2.05, 4.69) is 26.8 Å². The van der Waals surface area contributed by atoms with Crippen molar-refractivity contribution in [3.05, 3.63) is 53.1 Å². The van der Waals surface area contributed by atoms with Crippen LogP contribution in [0.25, 0.3) is 0 Å². The van der Waals surface area contributed by atoms with Crippen molar-refractivity contribution in [2.45, 2.75) is 72.5 Å². The molecule has 1 aliphatic rings. The van der Waals surface area contributed by atoms with Gasteiger partial charge in [-0.25, -0.2) is 4.79 Å². The maximum absolute atomic E-state index is 12.6. The van der Waals surface area contributed by atoms with Gasteiger partial charge in [0.05, 0.1) is 5.56 Å². The quantitative estimate of drug-likeness (QED) is 0.547. The highest BCUT2D eigenvalue weighted by molar-refractivity contribution is 5.89. The van der Waals surface area contributed by atoms with Crippen LogP contribution < -0.4 is 0 Å². The van der Waals surface area contributed by atoms with E-state index >= 15 is 0 Å². The minimum atomic E-state index is -0.460. The number of allylic oxidation sites excluding steroid dienone is 1. The van der Waals surface area contributed by atoms with Crippen LogP contribution in [-0.2, 0) is 14.3 Å². The van der Waals surface area contributed by atoms with Crippen molar-refractivity contribution in [3.63, 3.8) is 0 Å². The molecule has 0 aromatic heterocycles. The van der Waals surface area contributed by atoms with Gasteiger partial charge in [-0.15, -0.1) is 0 Å². The van der Waals surface area contributed by atoms with Gasteiger partial charge < -0.3 is 14.6 Å². The maximum Gasteiger partial charge on any atom is 0.338 e. The predicted octanol–water partition coefficient (Wildman–Crippen LogP) is 5.34. The molecule has 1 aromatic rings. The molecule has 0 saturated carbocycles. The molecule has 2 rings (SSSR count). The summed E-state index contributed by atoms with van der Waals surface area (Å²) in [5.41, 5.74) is 2.25. The van der Waals surface area contributed by atoms with E-state index in [0.29, 0.717) is 12.0 Å². The van der Waals surface area contributed by atoms with E-state index in [4.69, 9.17) is 9.47 Å². The second kappa shape index (κ2) is 9.77. The van der Waals surface area contributed by atoms with E-state index in [1.54, 1.807) is 0 Å². The number of hydrogen-bond donors (Lipinski definition) is 1. The monoisotopic (exact) mass is 400 g/mol. The Morgan fingerprint density at radius 2 is 1.76 bits per heavy atom. The van der Waals surface area contributed by atoms with E-state index in [0.717, 1.165) is 24.8 Å². The lowest BCUT2D eigenvalue weighted by Crippen LogP contribution is -2.33. The van der Waals surface area contributed by atoms with Crippen LogP contribution in [0.1, 0.15) is 70.7 Å². The number of carbonyl (C=O) groups is 2. The average Bonchev–Trinajstić information content (AvgIpc) is 2.65. The fraction of sp³-hybridized carbons (Fsp3) is 0.500. The van der Waals surface area contributed by atoms with Gasteiger partial charge in [0.1, 0.15) is 18.0 Å². The van der Waals surface area contributed by atoms with Gasteiger partial charge in [0, 0.05) is 18.8 Å². The lowest BCUT2D eigenvalue weighted by Gasteiger charge is -2.32. The van der Waals surface area contributed by atoms with E-state index in [9.17, 15) is 14.7 Å². The van der Waals surface area contributed by atoms with Crippen molar-refractivity contribution in [1.29, 1.82) is 0 Å². The van der Waals surface area contributed by atoms with Crippen LogP contribution in [0.5, 0.6) is 5.75 Å². The van der Waals surface area contributed by atoms with Crippen LogP contribution in [0.15, 0.2) is 47.6 Å². The summed E-state index contributed by atoms with van der Waals surface area (Å²) in [6.07, 6.45) is 6.61. The third-order valence-electron chi connectivity index (χ3n) is 5.41. The van der Waals surface area contributed by atoms with E-state index < -0.39 is 18.2 Å².